The Hall–Kier alpha value is -3.40. The molecular weight excluding hydrogens is 364 g/mol. The van der Waals surface area contributed by atoms with E-state index in [-0.39, 0.29) is 5.92 Å². The van der Waals surface area contributed by atoms with Gasteiger partial charge in [0.05, 0.1) is 0 Å². The molecule has 0 fully saturated rings. The van der Waals surface area contributed by atoms with Crippen molar-refractivity contribution in [3.63, 3.8) is 0 Å². The van der Waals surface area contributed by atoms with E-state index >= 15 is 0 Å². The molecule has 0 aromatic heterocycles. The third-order valence-corrected chi connectivity index (χ3v) is 5.99. The van der Waals surface area contributed by atoms with Gasteiger partial charge < -0.3 is 9.47 Å². The van der Waals surface area contributed by atoms with Crippen LogP contribution in [-0.4, -0.2) is 18.2 Å². The van der Waals surface area contributed by atoms with Gasteiger partial charge in [-0.25, -0.2) is 0 Å². The lowest BCUT2D eigenvalue weighted by molar-refractivity contribution is -0.193. The van der Waals surface area contributed by atoms with Crippen LogP contribution >= 0.6 is 0 Å². The zero-order valence-electron chi connectivity index (χ0n) is 16.2. The zero-order chi connectivity index (χ0) is 20.2. The van der Waals surface area contributed by atoms with Gasteiger partial charge in [0.15, 0.2) is 0 Å². The van der Waals surface area contributed by atoms with Crippen LogP contribution in [0, 0.1) is 0 Å². The van der Waals surface area contributed by atoms with Gasteiger partial charge >= 0.3 is 11.9 Å². The van der Waals surface area contributed by atoms with E-state index in [1.807, 2.05) is 54.6 Å². The molecule has 3 aliphatic rings. The molecule has 3 aromatic carbocycles. The molecule has 0 aliphatic heterocycles. The third kappa shape index (κ3) is 2.32. The number of ether oxygens (including phenoxy) is 2. The van der Waals surface area contributed by atoms with Gasteiger partial charge in [-0.15, -0.1) is 0 Å². The molecule has 0 saturated heterocycles. The number of carbonyl (C=O) groups is 2. The Morgan fingerprint density at radius 1 is 0.690 bits per heavy atom. The second-order valence-corrected chi connectivity index (χ2v) is 7.55. The number of hydrogen-bond donors (Lipinski definition) is 0. The second-order valence-electron chi connectivity index (χ2n) is 7.55. The topological polar surface area (TPSA) is 52.6 Å². The van der Waals surface area contributed by atoms with Crippen molar-refractivity contribution < 1.29 is 19.1 Å². The van der Waals surface area contributed by atoms with Crippen LogP contribution in [0.1, 0.15) is 53.1 Å². The smallest absolute Gasteiger partial charge is 0.305 e. The van der Waals surface area contributed by atoms with E-state index in [0.29, 0.717) is 0 Å². The molecule has 4 nitrogen and oxygen atoms in total. The van der Waals surface area contributed by atoms with Crippen LogP contribution in [0.15, 0.2) is 72.8 Å². The van der Waals surface area contributed by atoms with Crippen LogP contribution in [0.4, 0.5) is 0 Å². The highest BCUT2D eigenvalue weighted by Gasteiger charge is 2.58. The number of rotatable bonds is 3. The second kappa shape index (κ2) is 6.31. The first-order chi connectivity index (χ1) is 14.0. The summed E-state index contributed by atoms with van der Waals surface area (Å²) in [5.74, 6) is -0.896. The van der Waals surface area contributed by atoms with Crippen LogP contribution in [0.25, 0.3) is 0 Å². The number of benzene rings is 3. The molecule has 0 atom stereocenters. The molecule has 0 spiro atoms. The summed E-state index contributed by atoms with van der Waals surface area (Å²) >= 11 is 0. The molecule has 4 heteroatoms. The molecule has 3 aliphatic carbocycles. The first kappa shape index (κ1) is 17.7. The van der Waals surface area contributed by atoms with E-state index in [1.54, 1.807) is 0 Å². The average molecular weight is 384 g/mol. The maximum Gasteiger partial charge on any atom is 0.305 e. The van der Waals surface area contributed by atoms with E-state index in [2.05, 4.69) is 18.2 Å². The van der Waals surface area contributed by atoms with Crippen molar-refractivity contribution in [1.82, 2.24) is 0 Å². The van der Waals surface area contributed by atoms with Gasteiger partial charge in [-0.2, -0.15) is 0 Å². The minimum Gasteiger partial charge on any atom is -0.424 e. The van der Waals surface area contributed by atoms with E-state index in [1.165, 1.54) is 13.8 Å². The van der Waals surface area contributed by atoms with Gasteiger partial charge in [0, 0.05) is 19.8 Å². The molecule has 0 unspecified atom stereocenters. The van der Waals surface area contributed by atoms with Crippen molar-refractivity contribution in [2.45, 2.75) is 31.5 Å². The molecule has 29 heavy (non-hydrogen) atoms. The maximum atomic E-state index is 12.1. The Bertz CT molecular complexity index is 1020. The fourth-order valence-corrected chi connectivity index (χ4v) is 5.14. The highest BCUT2D eigenvalue weighted by atomic mass is 16.7. The summed E-state index contributed by atoms with van der Waals surface area (Å²) in [7, 11) is 0. The maximum absolute atomic E-state index is 12.1. The fraction of sp³-hybridized carbons (Fsp3) is 0.200. The molecule has 3 aromatic rings. The highest BCUT2D eigenvalue weighted by Crippen LogP contribution is 2.60. The largest absolute Gasteiger partial charge is 0.424 e. The summed E-state index contributed by atoms with van der Waals surface area (Å²) in [6.07, 6.45) is -1.11. The first-order valence-electron chi connectivity index (χ1n) is 9.67. The van der Waals surface area contributed by atoms with Crippen molar-refractivity contribution in [3.05, 3.63) is 106 Å². The van der Waals surface area contributed by atoms with Crippen molar-refractivity contribution in [3.8, 4) is 0 Å². The predicted octanol–water partition coefficient (Wildman–Crippen LogP) is 4.28. The summed E-state index contributed by atoms with van der Waals surface area (Å²) in [4.78, 5) is 24.1. The van der Waals surface area contributed by atoms with E-state index < -0.39 is 23.6 Å². The Kier molecular flexibility index (Phi) is 3.85. The molecule has 144 valence electrons. The molecule has 0 N–H and O–H groups in total. The molecular formula is C25H20O4. The monoisotopic (exact) mass is 384 g/mol. The Balaban J connectivity index is 1.92. The first-order valence-corrected chi connectivity index (χ1v) is 9.67. The predicted molar refractivity (Wildman–Crippen MR) is 107 cm³/mol. The van der Waals surface area contributed by atoms with Crippen molar-refractivity contribution in [2.24, 2.45) is 0 Å². The summed E-state index contributed by atoms with van der Waals surface area (Å²) in [5.41, 5.74) is 5.55. The summed E-state index contributed by atoms with van der Waals surface area (Å²) < 4.78 is 11.4. The lowest BCUT2D eigenvalue weighted by atomic mass is 9.52. The SMILES string of the molecule is CC(=O)OC(OC(C)=O)C12c3ccccc3C(c3ccccc31)c1ccccc12. The van der Waals surface area contributed by atoms with Crippen molar-refractivity contribution >= 4 is 11.9 Å². The van der Waals surface area contributed by atoms with Crippen molar-refractivity contribution in [2.75, 3.05) is 0 Å². The van der Waals surface area contributed by atoms with Gasteiger partial charge in [-0.05, 0) is 33.4 Å². The number of esters is 2. The third-order valence-electron chi connectivity index (χ3n) is 5.99. The van der Waals surface area contributed by atoms with Crippen LogP contribution < -0.4 is 0 Å². The molecule has 0 saturated carbocycles. The molecule has 0 amide bonds. The lowest BCUT2D eigenvalue weighted by Gasteiger charge is -2.52. The van der Waals surface area contributed by atoms with Gasteiger partial charge in [0.2, 0.25) is 0 Å². The Labute approximate surface area is 169 Å². The molecule has 2 bridgehead atoms. The van der Waals surface area contributed by atoms with Crippen LogP contribution in [0.3, 0.4) is 0 Å². The van der Waals surface area contributed by atoms with Gasteiger partial charge in [-0.3, -0.25) is 9.59 Å². The average Bonchev–Trinajstić information content (AvgIpc) is 2.72. The quantitative estimate of drug-likeness (QED) is 0.500. The van der Waals surface area contributed by atoms with Gasteiger partial charge in [-0.1, -0.05) is 72.8 Å². The number of carbonyl (C=O) groups excluding carboxylic acids is 2. The van der Waals surface area contributed by atoms with E-state index in [4.69, 9.17) is 9.47 Å². The minimum absolute atomic E-state index is 0.0933. The van der Waals surface area contributed by atoms with Gasteiger partial charge in [0.25, 0.3) is 6.29 Å². The van der Waals surface area contributed by atoms with Crippen molar-refractivity contribution in [1.29, 1.82) is 0 Å². The zero-order valence-corrected chi connectivity index (χ0v) is 16.2. The summed E-state index contributed by atoms with van der Waals surface area (Å²) in [6.45, 7) is 2.68. The summed E-state index contributed by atoms with van der Waals surface area (Å²) in [5, 5.41) is 0. The molecule has 6 rings (SSSR count). The minimum atomic E-state index is -1.11. The van der Waals surface area contributed by atoms with Crippen LogP contribution in [0.5, 0.6) is 0 Å². The lowest BCUT2D eigenvalue weighted by Crippen LogP contribution is -2.53. The summed E-state index contributed by atoms with van der Waals surface area (Å²) in [6, 6.07) is 24.5. The van der Waals surface area contributed by atoms with E-state index in [9.17, 15) is 9.59 Å². The van der Waals surface area contributed by atoms with E-state index in [0.717, 1.165) is 33.4 Å². The Morgan fingerprint density at radius 3 is 1.38 bits per heavy atom. The normalized spacial score (nSPS) is 20.4. The van der Waals surface area contributed by atoms with Crippen LogP contribution in [-0.2, 0) is 24.5 Å². The fourth-order valence-electron chi connectivity index (χ4n) is 5.14. The molecule has 0 heterocycles. The standard InChI is InChI=1S/C25H20O4/c1-15(26)28-24(29-16(2)27)25-20-12-6-3-9-17(20)23(18-10-4-7-13-21(18)25)19-11-5-8-14-22(19)25/h3-14,23-24H,1-2H3. The van der Waals surface area contributed by atoms with Gasteiger partial charge in [0.1, 0.15) is 5.41 Å². The molecule has 0 radical (unpaired) electrons. The highest BCUT2D eigenvalue weighted by molar-refractivity contribution is 5.75. The number of hydrogen-bond acceptors (Lipinski definition) is 4. The Morgan fingerprint density at radius 2 is 1.03 bits per heavy atom. The van der Waals surface area contributed by atoms with Crippen LogP contribution in [0.2, 0.25) is 0 Å².